The lowest BCUT2D eigenvalue weighted by Gasteiger charge is -2.16. The Hall–Kier alpha value is -1.63. The van der Waals surface area contributed by atoms with Crippen LogP contribution in [-0.4, -0.2) is 18.4 Å². The number of fused-ring (bicyclic) bond motifs is 1. The normalized spacial score (nSPS) is 13.7. The molecule has 1 aromatic carbocycles. The quantitative estimate of drug-likeness (QED) is 0.616. The van der Waals surface area contributed by atoms with E-state index < -0.39 is 5.97 Å². The molecule has 1 aliphatic rings. The Kier molecular flexibility index (Phi) is 3.81. The second-order valence-corrected chi connectivity index (χ2v) is 4.27. The van der Waals surface area contributed by atoms with Crippen molar-refractivity contribution < 1.29 is 14.4 Å². The average molecular weight is 270 g/mol. The first-order valence-corrected chi connectivity index (χ1v) is 5.73. The molecule has 0 bridgehead atoms. The molecule has 0 atom stereocenters. The lowest BCUT2D eigenvalue weighted by atomic mass is 10.2. The molecule has 0 unspecified atom stereocenters. The molecule has 18 heavy (non-hydrogen) atoms. The van der Waals surface area contributed by atoms with Gasteiger partial charge in [0.05, 0.1) is 12.8 Å². The molecule has 0 saturated heterocycles. The average Bonchev–Trinajstić information content (AvgIpc) is 2.62. The van der Waals surface area contributed by atoms with Crippen LogP contribution in [0.5, 0.6) is 0 Å². The van der Waals surface area contributed by atoms with Crippen LogP contribution in [0.2, 0.25) is 5.02 Å². The van der Waals surface area contributed by atoms with Gasteiger partial charge in [-0.3, -0.25) is 9.59 Å². The van der Waals surface area contributed by atoms with Gasteiger partial charge in [-0.2, -0.15) is 0 Å². The molecule has 0 aliphatic carbocycles. The molecule has 0 aromatic heterocycles. The second kappa shape index (κ2) is 5.34. The van der Waals surface area contributed by atoms with Gasteiger partial charge in [-0.25, -0.2) is 5.84 Å². The summed E-state index contributed by atoms with van der Waals surface area (Å²) in [5, 5.41) is 0.555. The van der Waals surface area contributed by atoms with E-state index in [9.17, 15) is 9.59 Å². The highest BCUT2D eigenvalue weighted by Crippen LogP contribution is 2.31. The van der Waals surface area contributed by atoms with Crippen LogP contribution in [0.25, 0.3) is 0 Å². The molecule has 0 fully saturated rings. The first-order valence-electron chi connectivity index (χ1n) is 5.36. The zero-order valence-corrected chi connectivity index (χ0v) is 10.2. The summed E-state index contributed by atoms with van der Waals surface area (Å²) in [5.41, 5.74) is 3.47. The number of hydrogen-bond donors (Lipinski definition) is 2. The zero-order valence-electron chi connectivity index (χ0n) is 9.48. The number of anilines is 1. The molecule has 1 aliphatic heterocycles. The fourth-order valence-corrected chi connectivity index (χ4v) is 2.06. The molecule has 96 valence electrons. The Morgan fingerprint density at radius 3 is 3.06 bits per heavy atom. The highest BCUT2D eigenvalue weighted by Gasteiger charge is 2.27. The van der Waals surface area contributed by atoms with Gasteiger partial charge in [-0.05, 0) is 17.7 Å². The number of carbonyl (C=O) groups is 2. The summed E-state index contributed by atoms with van der Waals surface area (Å²) in [7, 11) is 0. The van der Waals surface area contributed by atoms with Crippen LogP contribution in [0.15, 0.2) is 18.2 Å². The maximum Gasteiger partial charge on any atom is 0.328 e. The van der Waals surface area contributed by atoms with E-state index in [0.717, 1.165) is 11.3 Å². The molecule has 1 heterocycles. The van der Waals surface area contributed by atoms with Crippen molar-refractivity contribution in [3.63, 3.8) is 0 Å². The Labute approximate surface area is 109 Å². The van der Waals surface area contributed by atoms with Crippen molar-refractivity contribution in [1.82, 2.24) is 5.59 Å². The number of amides is 1. The zero-order chi connectivity index (χ0) is 13.1. The number of halogens is 1. The van der Waals surface area contributed by atoms with Gasteiger partial charge in [0.2, 0.25) is 5.91 Å². The fraction of sp³-hybridized carbons (Fsp3) is 0.273. The van der Waals surface area contributed by atoms with Gasteiger partial charge in [0, 0.05) is 17.3 Å². The molecule has 2 rings (SSSR count). The van der Waals surface area contributed by atoms with Crippen molar-refractivity contribution in [3.05, 3.63) is 28.8 Å². The predicted octanol–water partition coefficient (Wildman–Crippen LogP) is 0.541. The molecule has 0 spiro atoms. The maximum absolute atomic E-state index is 11.8. The molecule has 7 heteroatoms. The Morgan fingerprint density at radius 1 is 1.56 bits per heavy atom. The first kappa shape index (κ1) is 12.8. The predicted molar refractivity (Wildman–Crippen MR) is 65.5 cm³/mol. The van der Waals surface area contributed by atoms with E-state index in [-0.39, 0.29) is 18.9 Å². The number of rotatable bonds is 4. The van der Waals surface area contributed by atoms with E-state index in [1.165, 1.54) is 4.90 Å². The third kappa shape index (κ3) is 2.61. The maximum atomic E-state index is 11.8. The molecule has 0 saturated carbocycles. The summed E-state index contributed by atoms with van der Waals surface area (Å²) in [5.74, 6) is 4.26. The molecule has 1 amide bonds. The van der Waals surface area contributed by atoms with Gasteiger partial charge in [-0.1, -0.05) is 23.3 Å². The van der Waals surface area contributed by atoms with E-state index in [0.29, 0.717) is 11.4 Å². The number of carbonyl (C=O) groups excluding carboxylic acids is 2. The monoisotopic (exact) mass is 269 g/mol. The minimum atomic E-state index is -0.527. The summed E-state index contributed by atoms with van der Waals surface area (Å²) >= 11 is 5.89. The standard InChI is InChI=1S/C11H12ClN3O3/c12-8-2-1-7-5-10(16)15(9(7)6-8)4-3-11(17)18-14-13/h1-2,6,14H,3-5,13H2. The van der Waals surface area contributed by atoms with Crippen LogP contribution >= 0.6 is 11.6 Å². The van der Waals surface area contributed by atoms with Crippen molar-refractivity contribution >= 4 is 29.2 Å². The summed E-state index contributed by atoms with van der Waals surface area (Å²) in [6, 6.07) is 5.27. The van der Waals surface area contributed by atoms with Crippen molar-refractivity contribution in [2.75, 3.05) is 11.4 Å². The first-order chi connectivity index (χ1) is 8.61. The van der Waals surface area contributed by atoms with Gasteiger partial charge in [-0.15, -0.1) is 0 Å². The smallest absolute Gasteiger partial charge is 0.328 e. The van der Waals surface area contributed by atoms with Crippen LogP contribution < -0.4 is 16.3 Å². The number of nitrogens with one attached hydrogen (secondary N) is 1. The van der Waals surface area contributed by atoms with Crippen LogP contribution in [0.1, 0.15) is 12.0 Å². The van der Waals surface area contributed by atoms with E-state index in [1.54, 1.807) is 12.1 Å². The van der Waals surface area contributed by atoms with Gasteiger partial charge >= 0.3 is 5.97 Å². The highest BCUT2D eigenvalue weighted by atomic mass is 35.5. The van der Waals surface area contributed by atoms with E-state index >= 15 is 0 Å². The van der Waals surface area contributed by atoms with Gasteiger partial charge in [0.1, 0.15) is 0 Å². The van der Waals surface area contributed by atoms with Gasteiger partial charge in [0.15, 0.2) is 0 Å². The van der Waals surface area contributed by atoms with Gasteiger partial charge < -0.3 is 9.74 Å². The number of nitrogens with zero attached hydrogens (tertiary/aromatic N) is 1. The van der Waals surface area contributed by atoms with Crippen molar-refractivity contribution in [3.8, 4) is 0 Å². The van der Waals surface area contributed by atoms with Crippen molar-refractivity contribution in [1.29, 1.82) is 0 Å². The lowest BCUT2D eigenvalue weighted by molar-refractivity contribution is -0.150. The molecule has 6 nitrogen and oxygen atoms in total. The summed E-state index contributed by atoms with van der Waals surface area (Å²) in [4.78, 5) is 28.9. The summed E-state index contributed by atoms with van der Waals surface area (Å²) < 4.78 is 0. The summed E-state index contributed by atoms with van der Waals surface area (Å²) in [6.45, 7) is 0.243. The van der Waals surface area contributed by atoms with E-state index in [4.69, 9.17) is 17.4 Å². The van der Waals surface area contributed by atoms with Crippen molar-refractivity contribution in [2.45, 2.75) is 12.8 Å². The minimum Gasteiger partial charge on any atom is -0.356 e. The largest absolute Gasteiger partial charge is 0.356 e. The lowest BCUT2D eigenvalue weighted by Crippen LogP contribution is -2.32. The van der Waals surface area contributed by atoms with Gasteiger partial charge in [0.25, 0.3) is 0 Å². The molecular weight excluding hydrogens is 258 g/mol. The second-order valence-electron chi connectivity index (χ2n) is 3.84. The molecule has 0 radical (unpaired) electrons. The topological polar surface area (TPSA) is 84.7 Å². The third-order valence-electron chi connectivity index (χ3n) is 2.69. The number of hydrogen-bond acceptors (Lipinski definition) is 5. The van der Waals surface area contributed by atoms with E-state index in [2.05, 4.69) is 4.84 Å². The van der Waals surface area contributed by atoms with E-state index in [1.807, 2.05) is 11.7 Å². The Bertz CT molecular complexity index is 492. The SMILES string of the molecule is NNOC(=O)CCN1C(=O)Cc2ccc(Cl)cc21. The van der Waals surface area contributed by atoms with Crippen molar-refractivity contribution in [2.24, 2.45) is 5.84 Å². The Balaban J connectivity index is 2.08. The number of nitrogens with two attached hydrogens (primary N) is 1. The highest BCUT2D eigenvalue weighted by molar-refractivity contribution is 6.31. The fourth-order valence-electron chi connectivity index (χ4n) is 1.90. The molecular formula is C11H12ClN3O3. The Morgan fingerprint density at radius 2 is 2.33 bits per heavy atom. The third-order valence-corrected chi connectivity index (χ3v) is 2.93. The van der Waals surface area contributed by atoms with Crippen LogP contribution in [0.3, 0.4) is 0 Å². The molecule has 3 N–H and O–H groups in total. The molecule has 1 aromatic rings. The van der Waals surface area contributed by atoms with Crippen LogP contribution in [0, 0.1) is 0 Å². The summed E-state index contributed by atoms with van der Waals surface area (Å²) in [6.07, 6.45) is 0.387. The minimum absolute atomic E-state index is 0.0548. The number of benzene rings is 1. The van der Waals surface area contributed by atoms with Crippen LogP contribution in [-0.2, 0) is 20.8 Å². The van der Waals surface area contributed by atoms with Crippen LogP contribution in [0.4, 0.5) is 5.69 Å². The number of hydrazine groups is 1.